The third kappa shape index (κ3) is 2.71. The number of hydrogen-bond acceptors (Lipinski definition) is 3. The van der Waals surface area contributed by atoms with Gasteiger partial charge >= 0.3 is 0 Å². The molecule has 2 N–H and O–H groups in total. The Morgan fingerprint density at radius 2 is 2.16 bits per heavy atom. The average molecular weight is 259 g/mol. The minimum atomic E-state index is 0.759. The molecule has 0 amide bonds. The van der Waals surface area contributed by atoms with E-state index < -0.39 is 0 Å². The smallest absolute Gasteiger partial charge is 0.106 e. The van der Waals surface area contributed by atoms with Crippen LogP contribution in [0.4, 0.5) is 0 Å². The summed E-state index contributed by atoms with van der Waals surface area (Å²) in [5, 5.41) is 7.77. The van der Waals surface area contributed by atoms with Crippen LogP contribution in [-0.4, -0.2) is 32.8 Å². The Balaban J connectivity index is 1.74. The Morgan fingerprint density at radius 1 is 1.37 bits per heavy atom. The summed E-state index contributed by atoms with van der Waals surface area (Å²) in [7, 11) is 1.95. The van der Waals surface area contributed by atoms with E-state index in [1.54, 1.807) is 0 Å². The van der Waals surface area contributed by atoms with E-state index in [-0.39, 0.29) is 0 Å². The highest BCUT2D eigenvalue weighted by Gasteiger charge is 2.16. The number of aromatic nitrogens is 4. The van der Waals surface area contributed by atoms with Gasteiger partial charge in [-0.15, -0.1) is 0 Å². The number of aromatic amines is 1. The van der Waals surface area contributed by atoms with Gasteiger partial charge in [0.15, 0.2) is 0 Å². The highest BCUT2D eigenvalue weighted by Crippen LogP contribution is 2.22. The fraction of sp³-hybridized carbons (Fsp3) is 0.571. The molecule has 102 valence electrons. The monoisotopic (exact) mass is 259 g/mol. The predicted molar refractivity (Wildman–Crippen MR) is 74.8 cm³/mol. The van der Waals surface area contributed by atoms with Gasteiger partial charge < -0.3 is 10.3 Å². The molecule has 5 heteroatoms. The summed E-state index contributed by atoms with van der Waals surface area (Å²) in [4.78, 5) is 7.97. The maximum absolute atomic E-state index is 4.52. The molecule has 0 aliphatic carbocycles. The molecule has 19 heavy (non-hydrogen) atoms. The van der Waals surface area contributed by atoms with E-state index >= 15 is 0 Å². The lowest BCUT2D eigenvalue weighted by Gasteiger charge is -2.21. The van der Waals surface area contributed by atoms with Gasteiger partial charge in [-0.1, -0.05) is 0 Å². The molecule has 1 saturated heterocycles. The second-order valence-corrected chi connectivity index (χ2v) is 5.44. The van der Waals surface area contributed by atoms with Gasteiger partial charge in [0.25, 0.3) is 0 Å². The topological polar surface area (TPSA) is 58.5 Å². The van der Waals surface area contributed by atoms with Crippen molar-refractivity contribution in [1.82, 2.24) is 25.1 Å². The van der Waals surface area contributed by atoms with E-state index in [9.17, 15) is 0 Å². The number of imidazole rings is 1. The minimum absolute atomic E-state index is 0.759. The molecular formula is C14H21N5. The van der Waals surface area contributed by atoms with Crippen molar-refractivity contribution < 1.29 is 0 Å². The Bertz CT molecular complexity index is 548. The number of piperidine rings is 1. The maximum Gasteiger partial charge on any atom is 0.106 e. The molecule has 3 heterocycles. The van der Waals surface area contributed by atoms with E-state index in [1.807, 2.05) is 31.0 Å². The van der Waals surface area contributed by atoms with Crippen molar-refractivity contribution in [3.63, 3.8) is 0 Å². The van der Waals surface area contributed by atoms with Gasteiger partial charge in [-0.05, 0) is 38.8 Å². The molecule has 0 bridgehead atoms. The van der Waals surface area contributed by atoms with E-state index in [1.165, 1.54) is 12.8 Å². The lowest BCUT2D eigenvalue weighted by molar-refractivity contribution is 0.368. The van der Waals surface area contributed by atoms with Crippen LogP contribution in [0.1, 0.15) is 24.4 Å². The Morgan fingerprint density at radius 3 is 2.84 bits per heavy atom. The van der Waals surface area contributed by atoms with Crippen molar-refractivity contribution in [2.45, 2.75) is 26.2 Å². The largest absolute Gasteiger partial charge is 0.342 e. The number of hydrogen-bond donors (Lipinski definition) is 2. The first-order valence-corrected chi connectivity index (χ1v) is 6.97. The van der Waals surface area contributed by atoms with Gasteiger partial charge in [0.05, 0.1) is 17.6 Å². The fourth-order valence-electron chi connectivity index (χ4n) is 2.83. The Kier molecular flexibility index (Phi) is 3.38. The van der Waals surface area contributed by atoms with Crippen molar-refractivity contribution >= 4 is 0 Å². The Hall–Kier alpha value is -1.62. The van der Waals surface area contributed by atoms with E-state index in [0.717, 1.165) is 48.2 Å². The molecule has 0 spiro atoms. The highest BCUT2D eigenvalue weighted by molar-refractivity contribution is 5.60. The maximum atomic E-state index is 4.52. The molecular weight excluding hydrogens is 238 g/mol. The summed E-state index contributed by atoms with van der Waals surface area (Å²) < 4.78 is 1.85. The molecule has 5 nitrogen and oxygen atoms in total. The van der Waals surface area contributed by atoms with Crippen LogP contribution in [-0.2, 0) is 13.5 Å². The molecule has 1 fully saturated rings. The van der Waals surface area contributed by atoms with Gasteiger partial charge in [-0.2, -0.15) is 5.10 Å². The second-order valence-electron chi connectivity index (χ2n) is 5.44. The molecule has 0 unspecified atom stereocenters. The number of nitrogens with zero attached hydrogens (tertiary/aromatic N) is 3. The summed E-state index contributed by atoms with van der Waals surface area (Å²) in [5.74, 6) is 1.86. The average Bonchev–Trinajstić information content (AvgIpc) is 2.97. The zero-order valence-electron chi connectivity index (χ0n) is 11.6. The lowest BCUT2D eigenvalue weighted by Crippen LogP contribution is -2.28. The Labute approximate surface area is 113 Å². The van der Waals surface area contributed by atoms with Gasteiger partial charge in [-0.25, -0.2) is 4.98 Å². The third-order valence-corrected chi connectivity index (χ3v) is 3.87. The molecule has 0 saturated carbocycles. The van der Waals surface area contributed by atoms with E-state index in [2.05, 4.69) is 20.4 Å². The van der Waals surface area contributed by atoms with Crippen molar-refractivity contribution in [2.24, 2.45) is 13.0 Å². The zero-order chi connectivity index (χ0) is 13.2. The van der Waals surface area contributed by atoms with Crippen LogP contribution in [0.3, 0.4) is 0 Å². The summed E-state index contributed by atoms with van der Waals surface area (Å²) in [6.45, 7) is 4.31. The molecule has 1 aliphatic rings. The fourth-order valence-corrected chi connectivity index (χ4v) is 2.83. The van der Waals surface area contributed by atoms with Crippen molar-refractivity contribution in [1.29, 1.82) is 0 Å². The molecule has 0 radical (unpaired) electrons. The van der Waals surface area contributed by atoms with Crippen LogP contribution in [0.2, 0.25) is 0 Å². The van der Waals surface area contributed by atoms with E-state index in [4.69, 9.17) is 0 Å². The molecule has 0 aromatic carbocycles. The van der Waals surface area contributed by atoms with Gasteiger partial charge in [0, 0.05) is 25.2 Å². The van der Waals surface area contributed by atoms with Crippen LogP contribution in [0.5, 0.6) is 0 Å². The molecule has 1 aliphatic heterocycles. The normalized spacial score (nSPS) is 16.9. The summed E-state index contributed by atoms with van der Waals surface area (Å²) in [6, 6.07) is 0. The summed E-state index contributed by atoms with van der Waals surface area (Å²) >= 11 is 0. The number of H-pyrrole nitrogens is 1. The first kappa shape index (κ1) is 12.4. The standard InChI is InChI=1S/C14H21N5/c1-10-12(9-19(2)18-10)13-8-16-14(17-13)7-11-3-5-15-6-4-11/h8-9,11,15H,3-7H2,1-2H3,(H,16,17). The SMILES string of the molecule is Cc1nn(C)cc1-c1cnc(CC2CCNCC2)[nH]1. The minimum Gasteiger partial charge on any atom is -0.342 e. The van der Waals surface area contributed by atoms with Crippen LogP contribution >= 0.6 is 0 Å². The molecule has 2 aromatic rings. The lowest BCUT2D eigenvalue weighted by atomic mass is 9.94. The van der Waals surface area contributed by atoms with Crippen LogP contribution in [0.15, 0.2) is 12.4 Å². The third-order valence-electron chi connectivity index (χ3n) is 3.87. The number of nitrogens with one attached hydrogen (secondary N) is 2. The van der Waals surface area contributed by atoms with Crippen molar-refractivity contribution in [2.75, 3.05) is 13.1 Å². The predicted octanol–water partition coefficient (Wildman–Crippen LogP) is 1.66. The zero-order valence-corrected chi connectivity index (χ0v) is 11.6. The van der Waals surface area contributed by atoms with E-state index in [0.29, 0.717) is 0 Å². The first-order chi connectivity index (χ1) is 9.22. The van der Waals surface area contributed by atoms with Crippen molar-refractivity contribution in [3.8, 4) is 11.3 Å². The summed E-state index contributed by atoms with van der Waals surface area (Å²) in [6.07, 6.45) is 7.53. The van der Waals surface area contributed by atoms with Gasteiger partial charge in [-0.3, -0.25) is 4.68 Å². The second kappa shape index (κ2) is 5.17. The number of rotatable bonds is 3. The van der Waals surface area contributed by atoms with Crippen LogP contribution < -0.4 is 5.32 Å². The number of aryl methyl sites for hydroxylation is 2. The molecule has 3 rings (SSSR count). The molecule has 2 aromatic heterocycles. The molecule has 0 atom stereocenters. The van der Waals surface area contributed by atoms with Gasteiger partial charge in [0.2, 0.25) is 0 Å². The van der Waals surface area contributed by atoms with Gasteiger partial charge in [0.1, 0.15) is 5.82 Å². The quantitative estimate of drug-likeness (QED) is 0.881. The van der Waals surface area contributed by atoms with Crippen molar-refractivity contribution in [3.05, 3.63) is 23.9 Å². The first-order valence-electron chi connectivity index (χ1n) is 6.97. The van der Waals surface area contributed by atoms with Crippen LogP contribution in [0.25, 0.3) is 11.3 Å². The summed E-state index contributed by atoms with van der Waals surface area (Å²) in [5.41, 5.74) is 3.26. The highest BCUT2D eigenvalue weighted by atomic mass is 15.2. The van der Waals surface area contributed by atoms with Crippen LogP contribution in [0, 0.1) is 12.8 Å².